The maximum atomic E-state index is 12.6. The summed E-state index contributed by atoms with van der Waals surface area (Å²) in [5.74, 6) is 0.392. The molecule has 2 N–H and O–H groups in total. The van der Waals surface area contributed by atoms with Crippen LogP contribution in [0.3, 0.4) is 0 Å². The van der Waals surface area contributed by atoms with Crippen molar-refractivity contribution in [3.8, 4) is 0 Å². The van der Waals surface area contributed by atoms with Crippen LogP contribution in [0.15, 0.2) is 12.3 Å². The predicted molar refractivity (Wildman–Crippen MR) is 90.6 cm³/mol. The van der Waals surface area contributed by atoms with Crippen molar-refractivity contribution in [3.63, 3.8) is 0 Å². The third kappa shape index (κ3) is 4.16. The fraction of sp³-hybridized carbons (Fsp3) is 0.750. The number of amides is 1. The third-order valence-corrected chi connectivity index (χ3v) is 6.66. The standard InChI is InChI=1S/C16H26N4O3S/c1-20-14(9-10-17-20)16-13(7-8-15(21)18-16)19-24(22,23)11-12-5-3-2-4-6-12/h9-10,12-13,16,19H,2-8,11H2,1H3,(H,18,21)/t13-,16-/m1/s1. The minimum atomic E-state index is -3.37. The molecule has 1 saturated heterocycles. The normalized spacial score (nSPS) is 26.3. The first-order chi connectivity index (χ1) is 11.4. The maximum Gasteiger partial charge on any atom is 0.220 e. The van der Waals surface area contributed by atoms with E-state index in [1.54, 1.807) is 17.9 Å². The van der Waals surface area contributed by atoms with Crippen molar-refractivity contribution in [2.75, 3.05) is 5.75 Å². The van der Waals surface area contributed by atoms with E-state index >= 15 is 0 Å². The van der Waals surface area contributed by atoms with Gasteiger partial charge in [-0.15, -0.1) is 0 Å². The lowest BCUT2D eigenvalue weighted by Gasteiger charge is -2.33. The minimum Gasteiger partial charge on any atom is -0.346 e. The first-order valence-corrected chi connectivity index (χ1v) is 10.4. The fourth-order valence-corrected chi connectivity index (χ4v) is 5.60. The van der Waals surface area contributed by atoms with E-state index in [-0.39, 0.29) is 29.7 Å². The minimum absolute atomic E-state index is 0.0519. The summed E-state index contributed by atoms with van der Waals surface area (Å²) in [7, 11) is -1.57. The summed E-state index contributed by atoms with van der Waals surface area (Å²) >= 11 is 0. The highest BCUT2D eigenvalue weighted by Crippen LogP contribution is 2.27. The zero-order chi connectivity index (χ0) is 17.2. The van der Waals surface area contributed by atoms with Gasteiger partial charge >= 0.3 is 0 Å². The Morgan fingerprint density at radius 3 is 2.71 bits per heavy atom. The molecule has 8 heteroatoms. The summed E-state index contributed by atoms with van der Waals surface area (Å²) in [4.78, 5) is 11.8. The highest BCUT2D eigenvalue weighted by molar-refractivity contribution is 7.89. The van der Waals surface area contributed by atoms with Gasteiger partial charge in [0.25, 0.3) is 0 Å². The molecule has 1 aromatic rings. The van der Waals surface area contributed by atoms with Gasteiger partial charge in [0.05, 0.1) is 17.5 Å². The van der Waals surface area contributed by atoms with Gasteiger partial charge in [-0.25, -0.2) is 13.1 Å². The van der Waals surface area contributed by atoms with Crippen molar-refractivity contribution >= 4 is 15.9 Å². The van der Waals surface area contributed by atoms with Gasteiger partial charge < -0.3 is 5.32 Å². The molecule has 2 fully saturated rings. The molecular formula is C16H26N4O3S. The maximum absolute atomic E-state index is 12.6. The van der Waals surface area contributed by atoms with E-state index in [1.807, 2.05) is 6.07 Å². The molecule has 0 aromatic carbocycles. The molecule has 0 bridgehead atoms. The van der Waals surface area contributed by atoms with E-state index in [1.165, 1.54) is 6.42 Å². The van der Waals surface area contributed by atoms with Crippen LogP contribution >= 0.6 is 0 Å². The van der Waals surface area contributed by atoms with E-state index in [2.05, 4.69) is 15.1 Å². The zero-order valence-electron chi connectivity index (χ0n) is 14.1. The van der Waals surface area contributed by atoms with E-state index in [4.69, 9.17) is 0 Å². The Kier molecular flexibility index (Phi) is 5.24. The summed E-state index contributed by atoms with van der Waals surface area (Å²) in [6.07, 6.45) is 7.94. The Balaban J connectivity index is 1.71. The highest BCUT2D eigenvalue weighted by Gasteiger charge is 2.35. The number of sulfonamides is 1. The number of nitrogens with zero attached hydrogens (tertiary/aromatic N) is 2. The number of hydrogen-bond donors (Lipinski definition) is 2. The number of nitrogens with one attached hydrogen (secondary N) is 2. The first kappa shape index (κ1) is 17.4. The van der Waals surface area contributed by atoms with Crippen molar-refractivity contribution in [2.24, 2.45) is 13.0 Å². The predicted octanol–water partition coefficient (Wildman–Crippen LogP) is 1.24. The summed E-state index contributed by atoms with van der Waals surface area (Å²) in [5.41, 5.74) is 0.813. The number of hydrogen-bond acceptors (Lipinski definition) is 4. The molecule has 3 rings (SSSR count). The van der Waals surface area contributed by atoms with Gasteiger partial charge in [0, 0.05) is 25.7 Å². The molecule has 1 aromatic heterocycles. The molecular weight excluding hydrogens is 328 g/mol. The van der Waals surface area contributed by atoms with Crippen LogP contribution in [0.2, 0.25) is 0 Å². The lowest BCUT2D eigenvalue weighted by Crippen LogP contribution is -2.51. The number of aromatic nitrogens is 2. The van der Waals surface area contributed by atoms with Crippen LogP contribution < -0.4 is 10.0 Å². The van der Waals surface area contributed by atoms with E-state index in [9.17, 15) is 13.2 Å². The van der Waals surface area contributed by atoms with E-state index < -0.39 is 10.0 Å². The Hall–Kier alpha value is -1.41. The molecule has 2 heterocycles. The quantitative estimate of drug-likeness (QED) is 0.832. The molecule has 2 atom stereocenters. The van der Waals surface area contributed by atoms with Crippen molar-refractivity contribution in [1.29, 1.82) is 0 Å². The number of carbonyl (C=O) groups excluding carboxylic acids is 1. The van der Waals surface area contributed by atoms with Crippen LogP contribution in [-0.2, 0) is 21.9 Å². The van der Waals surface area contributed by atoms with Crippen molar-refractivity contribution in [2.45, 2.75) is 57.0 Å². The molecule has 0 radical (unpaired) electrons. The fourth-order valence-electron chi connectivity index (χ4n) is 3.84. The largest absolute Gasteiger partial charge is 0.346 e. The van der Waals surface area contributed by atoms with Crippen LogP contribution in [0, 0.1) is 5.92 Å². The molecule has 0 unspecified atom stereocenters. The van der Waals surface area contributed by atoms with Gasteiger partial charge in [-0.05, 0) is 31.2 Å². The van der Waals surface area contributed by atoms with Crippen molar-refractivity contribution in [1.82, 2.24) is 19.8 Å². The third-order valence-electron chi connectivity index (χ3n) is 5.09. The number of piperidine rings is 1. The van der Waals surface area contributed by atoms with Crippen LogP contribution in [0.25, 0.3) is 0 Å². The smallest absolute Gasteiger partial charge is 0.220 e. The lowest BCUT2D eigenvalue weighted by molar-refractivity contribution is -0.123. The lowest BCUT2D eigenvalue weighted by atomic mass is 9.91. The highest BCUT2D eigenvalue weighted by atomic mass is 32.2. The summed E-state index contributed by atoms with van der Waals surface area (Å²) in [5, 5.41) is 7.04. The van der Waals surface area contributed by atoms with Crippen LogP contribution in [-0.4, -0.2) is 35.9 Å². The Morgan fingerprint density at radius 2 is 2.04 bits per heavy atom. The average Bonchev–Trinajstić information content (AvgIpc) is 2.95. The molecule has 0 spiro atoms. The second-order valence-electron chi connectivity index (χ2n) is 6.97. The number of rotatable bonds is 5. The Bertz CT molecular complexity index is 679. The van der Waals surface area contributed by atoms with Gasteiger partial charge in [-0.3, -0.25) is 9.48 Å². The average molecular weight is 354 g/mol. The summed E-state index contributed by atoms with van der Waals surface area (Å²) in [6, 6.07) is 1.12. The summed E-state index contributed by atoms with van der Waals surface area (Å²) in [6.45, 7) is 0. The van der Waals surface area contributed by atoms with Crippen molar-refractivity contribution in [3.05, 3.63) is 18.0 Å². The zero-order valence-corrected chi connectivity index (χ0v) is 14.9. The van der Waals surface area contributed by atoms with Crippen LogP contribution in [0.4, 0.5) is 0 Å². The molecule has 24 heavy (non-hydrogen) atoms. The summed E-state index contributed by atoms with van der Waals surface area (Å²) < 4.78 is 29.7. The first-order valence-electron chi connectivity index (χ1n) is 8.72. The molecule has 1 saturated carbocycles. The van der Waals surface area contributed by atoms with E-state index in [0.717, 1.165) is 31.4 Å². The van der Waals surface area contributed by atoms with Gasteiger partial charge in [0.15, 0.2) is 0 Å². The monoisotopic (exact) mass is 354 g/mol. The second-order valence-corrected chi connectivity index (χ2v) is 8.77. The van der Waals surface area contributed by atoms with Gasteiger partial charge in [-0.2, -0.15) is 5.10 Å². The molecule has 1 aliphatic carbocycles. The van der Waals surface area contributed by atoms with Crippen LogP contribution in [0.5, 0.6) is 0 Å². The van der Waals surface area contributed by atoms with Gasteiger partial charge in [-0.1, -0.05) is 19.3 Å². The molecule has 1 aliphatic heterocycles. The Morgan fingerprint density at radius 1 is 1.29 bits per heavy atom. The van der Waals surface area contributed by atoms with Crippen LogP contribution in [0.1, 0.15) is 56.7 Å². The number of carbonyl (C=O) groups is 1. The molecule has 2 aliphatic rings. The van der Waals surface area contributed by atoms with Gasteiger partial charge in [0.1, 0.15) is 0 Å². The topological polar surface area (TPSA) is 93.1 Å². The SMILES string of the molecule is Cn1nccc1[C@@H]1NC(=O)CC[C@H]1NS(=O)(=O)CC1CCCCC1. The van der Waals surface area contributed by atoms with E-state index in [0.29, 0.717) is 12.8 Å². The number of aryl methyl sites for hydroxylation is 1. The second kappa shape index (κ2) is 7.23. The Labute approximate surface area is 143 Å². The van der Waals surface area contributed by atoms with Crippen molar-refractivity contribution < 1.29 is 13.2 Å². The van der Waals surface area contributed by atoms with Gasteiger partial charge in [0.2, 0.25) is 15.9 Å². The molecule has 1 amide bonds. The molecule has 7 nitrogen and oxygen atoms in total. The molecule has 134 valence electrons.